The van der Waals surface area contributed by atoms with Gasteiger partial charge in [0.25, 0.3) is 5.91 Å². The van der Waals surface area contributed by atoms with Crippen LogP contribution in [0.5, 0.6) is 0 Å². The molecule has 0 aliphatic carbocycles. The number of ether oxygens (including phenoxy) is 1. The first-order chi connectivity index (χ1) is 14.9. The first-order valence-electron chi connectivity index (χ1n) is 10.1. The van der Waals surface area contributed by atoms with Gasteiger partial charge in [-0.05, 0) is 24.1 Å². The third kappa shape index (κ3) is 4.27. The third-order valence-electron chi connectivity index (χ3n) is 5.57. The molecule has 162 valence electrons. The average molecular weight is 440 g/mol. The van der Waals surface area contributed by atoms with Crippen molar-refractivity contribution >= 4 is 15.9 Å². The molecule has 0 saturated carbocycles. The highest BCUT2D eigenvalue weighted by Crippen LogP contribution is 2.29. The Kier molecular flexibility index (Phi) is 5.95. The molecule has 7 nitrogen and oxygen atoms in total. The Morgan fingerprint density at radius 1 is 1.00 bits per heavy atom. The van der Waals surface area contributed by atoms with Crippen molar-refractivity contribution in [3.8, 4) is 0 Å². The monoisotopic (exact) mass is 439 g/mol. The summed E-state index contributed by atoms with van der Waals surface area (Å²) in [4.78, 5) is 16.0. The van der Waals surface area contributed by atoms with Gasteiger partial charge < -0.3 is 15.0 Å². The summed E-state index contributed by atoms with van der Waals surface area (Å²) in [6.07, 6.45) is 1.36. The number of benzene rings is 2. The molecule has 4 rings (SSSR count). The van der Waals surface area contributed by atoms with E-state index in [1.165, 1.54) is 16.6 Å². The summed E-state index contributed by atoms with van der Waals surface area (Å²) >= 11 is 0. The highest BCUT2D eigenvalue weighted by atomic mass is 32.2. The van der Waals surface area contributed by atoms with Crippen LogP contribution < -0.4 is 5.32 Å². The summed E-state index contributed by atoms with van der Waals surface area (Å²) in [6, 6.07) is 20.7. The molecule has 0 bridgehead atoms. The van der Waals surface area contributed by atoms with Gasteiger partial charge in [-0.25, -0.2) is 8.42 Å². The minimum atomic E-state index is -3.68. The standard InChI is InChI=1S/C23H25N3O4S/c1-23(18-8-4-2-5-9-18,19-10-6-3-7-11-19)25-22(27)21-16-20(17-24-21)31(28,29)26-12-14-30-15-13-26/h2-11,16-17,24H,12-15H2,1H3,(H,25,27). The van der Waals surface area contributed by atoms with E-state index < -0.39 is 21.5 Å². The van der Waals surface area contributed by atoms with E-state index in [0.29, 0.717) is 26.3 Å². The molecule has 8 heteroatoms. The Labute approximate surface area is 182 Å². The Hall–Kier alpha value is -2.94. The van der Waals surface area contributed by atoms with E-state index in [4.69, 9.17) is 4.74 Å². The van der Waals surface area contributed by atoms with Crippen LogP contribution in [0.4, 0.5) is 0 Å². The van der Waals surface area contributed by atoms with Crippen LogP contribution in [-0.4, -0.2) is 49.9 Å². The summed E-state index contributed by atoms with van der Waals surface area (Å²) in [5, 5.41) is 3.09. The van der Waals surface area contributed by atoms with Crippen LogP contribution >= 0.6 is 0 Å². The van der Waals surface area contributed by atoms with E-state index in [-0.39, 0.29) is 10.6 Å². The minimum Gasteiger partial charge on any atom is -0.379 e. The van der Waals surface area contributed by atoms with Crippen molar-refractivity contribution in [1.82, 2.24) is 14.6 Å². The molecule has 1 aliphatic heterocycles. The van der Waals surface area contributed by atoms with Gasteiger partial charge >= 0.3 is 0 Å². The number of hydrogen-bond acceptors (Lipinski definition) is 4. The molecule has 0 spiro atoms. The zero-order chi connectivity index (χ0) is 21.9. The minimum absolute atomic E-state index is 0.0701. The molecule has 1 fully saturated rings. The van der Waals surface area contributed by atoms with Crippen molar-refractivity contribution in [3.63, 3.8) is 0 Å². The molecule has 1 saturated heterocycles. The van der Waals surface area contributed by atoms with Crippen molar-refractivity contribution in [2.45, 2.75) is 17.4 Å². The lowest BCUT2D eigenvalue weighted by Gasteiger charge is -2.32. The number of nitrogens with one attached hydrogen (secondary N) is 2. The van der Waals surface area contributed by atoms with E-state index >= 15 is 0 Å². The average Bonchev–Trinajstić information content (AvgIpc) is 3.32. The number of H-pyrrole nitrogens is 1. The predicted octanol–water partition coefficient (Wildman–Crippen LogP) is 2.73. The number of nitrogens with zero attached hydrogens (tertiary/aromatic N) is 1. The third-order valence-corrected chi connectivity index (χ3v) is 7.45. The summed E-state index contributed by atoms with van der Waals surface area (Å²) in [5.41, 5.74) is 1.22. The Morgan fingerprint density at radius 3 is 2.10 bits per heavy atom. The number of rotatable bonds is 6. The maximum absolute atomic E-state index is 13.2. The van der Waals surface area contributed by atoms with Crippen molar-refractivity contribution in [3.05, 3.63) is 89.7 Å². The second-order valence-electron chi connectivity index (χ2n) is 7.58. The van der Waals surface area contributed by atoms with Crippen molar-refractivity contribution in [1.29, 1.82) is 0 Å². The number of carbonyl (C=O) groups excluding carboxylic acids is 1. The van der Waals surface area contributed by atoms with Gasteiger partial charge in [-0.15, -0.1) is 0 Å². The topological polar surface area (TPSA) is 91.5 Å². The summed E-state index contributed by atoms with van der Waals surface area (Å²) in [5.74, 6) is -0.390. The fourth-order valence-corrected chi connectivity index (χ4v) is 5.14. The van der Waals surface area contributed by atoms with E-state index in [1.54, 1.807) is 0 Å². The van der Waals surface area contributed by atoms with Gasteiger partial charge in [-0.1, -0.05) is 60.7 Å². The lowest BCUT2D eigenvalue weighted by atomic mass is 9.84. The maximum Gasteiger partial charge on any atom is 0.268 e. The van der Waals surface area contributed by atoms with E-state index in [9.17, 15) is 13.2 Å². The van der Waals surface area contributed by atoms with Gasteiger partial charge in [0.2, 0.25) is 10.0 Å². The molecular weight excluding hydrogens is 414 g/mol. The molecule has 1 aromatic heterocycles. The van der Waals surface area contributed by atoms with Gasteiger partial charge in [-0.2, -0.15) is 4.31 Å². The molecule has 2 aromatic carbocycles. The Balaban J connectivity index is 1.62. The molecule has 0 atom stereocenters. The number of aromatic nitrogens is 1. The molecule has 3 aromatic rings. The molecule has 1 amide bonds. The van der Waals surface area contributed by atoms with Crippen molar-refractivity contribution < 1.29 is 17.9 Å². The van der Waals surface area contributed by atoms with Gasteiger partial charge in [0.05, 0.1) is 18.8 Å². The SMILES string of the molecule is CC(NC(=O)c1cc(S(=O)(=O)N2CCOCC2)c[nH]1)(c1ccccc1)c1ccccc1. The van der Waals surface area contributed by atoms with Crippen LogP contribution in [0.2, 0.25) is 0 Å². The van der Waals surface area contributed by atoms with E-state index in [1.807, 2.05) is 67.6 Å². The van der Waals surface area contributed by atoms with E-state index in [0.717, 1.165) is 11.1 Å². The van der Waals surface area contributed by atoms with Gasteiger partial charge in [-0.3, -0.25) is 4.79 Å². The largest absolute Gasteiger partial charge is 0.379 e. The van der Waals surface area contributed by atoms with Crippen LogP contribution in [0.1, 0.15) is 28.5 Å². The van der Waals surface area contributed by atoms with Crippen LogP contribution in [0.15, 0.2) is 77.8 Å². The van der Waals surface area contributed by atoms with Gasteiger partial charge in [0.1, 0.15) is 10.6 Å². The summed E-state index contributed by atoms with van der Waals surface area (Å²) in [7, 11) is -3.68. The molecule has 2 N–H and O–H groups in total. The zero-order valence-electron chi connectivity index (χ0n) is 17.2. The second kappa shape index (κ2) is 8.66. The molecule has 1 aliphatic rings. The summed E-state index contributed by atoms with van der Waals surface area (Å²) < 4.78 is 32.3. The highest BCUT2D eigenvalue weighted by molar-refractivity contribution is 7.89. The highest BCUT2D eigenvalue weighted by Gasteiger charge is 2.32. The van der Waals surface area contributed by atoms with Gasteiger partial charge in [0.15, 0.2) is 0 Å². The normalized spacial score (nSPS) is 15.5. The van der Waals surface area contributed by atoms with Crippen molar-refractivity contribution in [2.75, 3.05) is 26.3 Å². The summed E-state index contributed by atoms with van der Waals surface area (Å²) in [6.45, 7) is 3.27. The number of carbonyl (C=O) groups is 1. The van der Waals surface area contributed by atoms with Gasteiger partial charge in [0, 0.05) is 19.3 Å². The number of hydrogen-bond donors (Lipinski definition) is 2. The first kappa shape index (κ1) is 21.3. The van der Waals surface area contributed by atoms with Crippen LogP contribution in [0.25, 0.3) is 0 Å². The lowest BCUT2D eigenvalue weighted by Crippen LogP contribution is -2.44. The number of amides is 1. The number of morpholine rings is 1. The molecule has 2 heterocycles. The van der Waals surface area contributed by atoms with Crippen LogP contribution in [0, 0.1) is 0 Å². The molecule has 0 unspecified atom stereocenters. The van der Waals surface area contributed by atoms with E-state index in [2.05, 4.69) is 10.3 Å². The fraction of sp³-hybridized carbons (Fsp3) is 0.261. The second-order valence-corrected chi connectivity index (χ2v) is 9.51. The Bertz CT molecular complexity index is 1100. The first-order valence-corrected chi connectivity index (χ1v) is 11.6. The molecule has 0 radical (unpaired) electrons. The van der Waals surface area contributed by atoms with Crippen LogP contribution in [0.3, 0.4) is 0 Å². The van der Waals surface area contributed by atoms with Crippen molar-refractivity contribution in [2.24, 2.45) is 0 Å². The lowest BCUT2D eigenvalue weighted by molar-refractivity contribution is 0.0730. The fourth-order valence-electron chi connectivity index (χ4n) is 3.74. The maximum atomic E-state index is 13.2. The smallest absolute Gasteiger partial charge is 0.268 e. The Morgan fingerprint density at radius 2 is 1.55 bits per heavy atom. The predicted molar refractivity (Wildman–Crippen MR) is 117 cm³/mol. The quantitative estimate of drug-likeness (QED) is 0.618. The zero-order valence-corrected chi connectivity index (χ0v) is 18.1. The number of sulfonamides is 1. The molecular formula is C23H25N3O4S. The molecule has 31 heavy (non-hydrogen) atoms. The van der Waals surface area contributed by atoms with Crippen LogP contribution in [-0.2, 0) is 20.3 Å². The number of aromatic amines is 1.